The van der Waals surface area contributed by atoms with Gasteiger partial charge in [-0.2, -0.15) is 8.42 Å². The van der Waals surface area contributed by atoms with Crippen molar-refractivity contribution in [1.29, 1.82) is 0 Å². The smallest absolute Gasteiger partial charge is 0.206 e. The van der Waals surface area contributed by atoms with Gasteiger partial charge in [-0.25, -0.2) is 8.78 Å². The molecule has 0 aliphatic heterocycles. The molecule has 2 nitrogen and oxygen atoms in total. The fourth-order valence-electron chi connectivity index (χ4n) is 2.13. The Hall–Kier alpha value is -0.260. The number of alkyl halides is 2. The zero-order valence-corrected chi connectivity index (χ0v) is 6.82. The van der Waals surface area contributed by atoms with Gasteiger partial charge in [0.05, 0.1) is 11.2 Å². The standard InChI is InChI=1S/C6H7F3O2S/c7-6(8)3-1-2-4(5(3)6)12(9,10)11/h3-5H,1-2H2. The van der Waals surface area contributed by atoms with E-state index in [0.29, 0.717) is 0 Å². The number of hydrogen-bond donors (Lipinski definition) is 0. The second kappa shape index (κ2) is 1.97. The lowest BCUT2D eigenvalue weighted by molar-refractivity contribution is 0.0731. The van der Waals surface area contributed by atoms with Crippen LogP contribution >= 0.6 is 0 Å². The van der Waals surface area contributed by atoms with Crippen molar-refractivity contribution in [3.63, 3.8) is 0 Å². The Morgan fingerprint density at radius 1 is 1.25 bits per heavy atom. The van der Waals surface area contributed by atoms with Crippen LogP contribution in [0.2, 0.25) is 0 Å². The average Bonchev–Trinajstić information content (AvgIpc) is 2.34. The van der Waals surface area contributed by atoms with Gasteiger partial charge in [-0.3, -0.25) is 0 Å². The van der Waals surface area contributed by atoms with Crippen LogP contribution in [0.25, 0.3) is 0 Å². The van der Waals surface area contributed by atoms with E-state index in [1.165, 1.54) is 0 Å². The molecule has 3 atom stereocenters. The van der Waals surface area contributed by atoms with Crippen LogP contribution < -0.4 is 0 Å². The highest BCUT2D eigenvalue weighted by molar-refractivity contribution is 7.87. The minimum Gasteiger partial charge on any atom is -0.206 e. The van der Waals surface area contributed by atoms with Crippen molar-refractivity contribution >= 4 is 10.2 Å². The van der Waals surface area contributed by atoms with E-state index < -0.39 is 33.2 Å². The maximum Gasteiger partial charge on any atom is 0.305 e. The van der Waals surface area contributed by atoms with E-state index in [-0.39, 0.29) is 12.8 Å². The first-order valence-corrected chi connectivity index (χ1v) is 5.11. The van der Waals surface area contributed by atoms with Crippen LogP contribution in [0.1, 0.15) is 12.8 Å². The summed E-state index contributed by atoms with van der Waals surface area (Å²) >= 11 is 0. The Kier molecular flexibility index (Phi) is 1.37. The molecule has 0 aromatic rings. The van der Waals surface area contributed by atoms with Crippen molar-refractivity contribution in [2.24, 2.45) is 11.8 Å². The van der Waals surface area contributed by atoms with Gasteiger partial charge in [0.2, 0.25) is 0 Å². The van der Waals surface area contributed by atoms with E-state index >= 15 is 0 Å². The van der Waals surface area contributed by atoms with Gasteiger partial charge in [0.25, 0.3) is 5.92 Å². The summed E-state index contributed by atoms with van der Waals surface area (Å²) in [5, 5.41) is -1.45. The van der Waals surface area contributed by atoms with E-state index in [9.17, 15) is 21.1 Å². The molecule has 2 fully saturated rings. The number of rotatable bonds is 1. The Bertz CT molecular complexity index is 311. The summed E-state index contributed by atoms with van der Waals surface area (Å²) in [5.74, 6) is -5.05. The van der Waals surface area contributed by atoms with Crippen LogP contribution in [0.5, 0.6) is 0 Å². The highest BCUT2D eigenvalue weighted by atomic mass is 32.3. The minimum absolute atomic E-state index is 0.0454. The number of fused-ring (bicyclic) bond motifs is 1. The molecular formula is C6H7F3O2S. The first-order chi connectivity index (χ1) is 5.35. The molecule has 0 heterocycles. The largest absolute Gasteiger partial charge is 0.305 e. The lowest BCUT2D eigenvalue weighted by atomic mass is 10.2. The normalized spacial score (nSPS) is 44.1. The molecule has 0 radical (unpaired) electrons. The molecule has 2 rings (SSSR count). The first kappa shape index (κ1) is 8.34. The fraction of sp³-hybridized carbons (Fsp3) is 1.00. The van der Waals surface area contributed by atoms with E-state index in [1.807, 2.05) is 0 Å². The van der Waals surface area contributed by atoms with Crippen molar-refractivity contribution < 1.29 is 21.1 Å². The van der Waals surface area contributed by atoms with Gasteiger partial charge in [0, 0.05) is 5.92 Å². The summed E-state index contributed by atoms with van der Waals surface area (Å²) in [6, 6.07) is 0. The van der Waals surface area contributed by atoms with E-state index in [4.69, 9.17) is 0 Å². The molecule has 0 amide bonds. The first-order valence-electron chi connectivity index (χ1n) is 3.66. The number of hydrogen-bond acceptors (Lipinski definition) is 2. The monoisotopic (exact) mass is 200 g/mol. The summed E-state index contributed by atoms with van der Waals surface area (Å²) < 4.78 is 58.3. The molecule has 3 unspecified atom stereocenters. The third-order valence-corrected chi connectivity index (χ3v) is 4.04. The second-order valence-electron chi connectivity index (χ2n) is 3.40. The zero-order chi connectivity index (χ0) is 9.15. The van der Waals surface area contributed by atoms with E-state index in [0.717, 1.165) is 0 Å². The Balaban J connectivity index is 2.24. The maximum atomic E-state index is 12.6. The van der Waals surface area contributed by atoms with Gasteiger partial charge in [-0.05, 0) is 12.8 Å². The summed E-state index contributed by atoms with van der Waals surface area (Å²) in [4.78, 5) is 0. The summed E-state index contributed by atoms with van der Waals surface area (Å²) in [7, 11) is -4.76. The van der Waals surface area contributed by atoms with Crippen molar-refractivity contribution in [3.8, 4) is 0 Å². The summed E-state index contributed by atoms with van der Waals surface area (Å²) in [6.07, 6.45) is 0.176. The van der Waals surface area contributed by atoms with Crippen LogP contribution in [0.3, 0.4) is 0 Å². The predicted octanol–water partition coefficient (Wildman–Crippen LogP) is 1.33. The van der Waals surface area contributed by atoms with Crippen LogP contribution in [-0.2, 0) is 10.2 Å². The lowest BCUT2D eigenvalue weighted by Crippen LogP contribution is -2.21. The summed E-state index contributed by atoms with van der Waals surface area (Å²) in [6.45, 7) is 0. The third-order valence-electron chi connectivity index (χ3n) is 2.79. The molecule has 0 aromatic heterocycles. The molecule has 0 bridgehead atoms. The highest BCUT2D eigenvalue weighted by Gasteiger charge is 2.75. The SMILES string of the molecule is O=S(=O)(F)C1CCC2C1C2(F)F. The van der Waals surface area contributed by atoms with Crippen LogP contribution in [0, 0.1) is 11.8 Å². The van der Waals surface area contributed by atoms with Crippen molar-refractivity contribution in [3.05, 3.63) is 0 Å². The van der Waals surface area contributed by atoms with E-state index in [1.54, 1.807) is 0 Å². The van der Waals surface area contributed by atoms with Crippen molar-refractivity contribution in [2.75, 3.05) is 0 Å². The summed E-state index contributed by atoms with van der Waals surface area (Å²) in [5.41, 5.74) is 0. The molecular weight excluding hydrogens is 193 g/mol. The third kappa shape index (κ3) is 0.901. The van der Waals surface area contributed by atoms with Crippen molar-refractivity contribution in [2.45, 2.75) is 24.0 Å². The maximum absolute atomic E-state index is 12.6. The fourth-order valence-corrected chi connectivity index (χ4v) is 3.27. The molecule has 0 aromatic carbocycles. The molecule has 6 heteroatoms. The van der Waals surface area contributed by atoms with E-state index in [2.05, 4.69) is 0 Å². The molecule has 2 aliphatic rings. The minimum atomic E-state index is -4.76. The van der Waals surface area contributed by atoms with Gasteiger partial charge in [-0.1, -0.05) is 0 Å². The van der Waals surface area contributed by atoms with Gasteiger partial charge in [0.15, 0.2) is 0 Å². The Morgan fingerprint density at radius 2 is 1.83 bits per heavy atom. The topological polar surface area (TPSA) is 34.1 Å². The lowest BCUT2D eigenvalue weighted by Gasteiger charge is -2.08. The second-order valence-corrected chi connectivity index (χ2v) is 4.95. The quantitative estimate of drug-likeness (QED) is 0.598. The molecule has 2 aliphatic carbocycles. The zero-order valence-electron chi connectivity index (χ0n) is 6.00. The predicted molar refractivity (Wildman–Crippen MR) is 35.0 cm³/mol. The molecule has 12 heavy (non-hydrogen) atoms. The molecule has 70 valence electrons. The van der Waals surface area contributed by atoms with Crippen LogP contribution in [0.4, 0.5) is 12.7 Å². The van der Waals surface area contributed by atoms with Gasteiger partial charge in [-0.15, -0.1) is 3.89 Å². The Morgan fingerprint density at radius 3 is 2.08 bits per heavy atom. The molecule has 0 spiro atoms. The van der Waals surface area contributed by atoms with Crippen molar-refractivity contribution in [1.82, 2.24) is 0 Å². The Labute approximate surface area is 68.0 Å². The molecule has 0 N–H and O–H groups in total. The van der Waals surface area contributed by atoms with Crippen LogP contribution in [-0.4, -0.2) is 19.6 Å². The number of halogens is 3. The van der Waals surface area contributed by atoms with Gasteiger partial charge >= 0.3 is 10.2 Å². The van der Waals surface area contributed by atoms with Gasteiger partial charge < -0.3 is 0 Å². The molecule has 0 saturated heterocycles. The van der Waals surface area contributed by atoms with Gasteiger partial charge in [0.1, 0.15) is 0 Å². The van der Waals surface area contributed by atoms with Crippen LogP contribution in [0.15, 0.2) is 0 Å². The molecule has 2 saturated carbocycles. The average molecular weight is 200 g/mol. The highest BCUT2D eigenvalue weighted by Crippen LogP contribution is 2.65.